The zero-order valence-electron chi connectivity index (χ0n) is 4.63. The van der Waals surface area contributed by atoms with Gasteiger partial charge in [0.25, 0.3) is 0 Å². The molecule has 1 rings (SSSR count). The number of halogens is 1. The molecule has 0 fully saturated rings. The van der Waals surface area contributed by atoms with E-state index >= 15 is 0 Å². The highest BCUT2D eigenvalue weighted by Crippen LogP contribution is 2.10. The van der Waals surface area contributed by atoms with Crippen LogP contribution in [-0.2, 0) is 0 Å². The Bertz CT molecular complexity index is 150. The molecule has 50 valence electrons. The highest BCUT2D eigenvalue weighted by Gasteiger charge is 1.83. The summed E-state index contributed by atoms with van der Waals surface area (Å²) >= 11 is 2.19. The Morgan fingerprint density at radius 1 is 1.11 bits per heavy atom. The van der Waals surface area contributed by atoms with Crippen molar-refractivity contribution in [3.05, 3.63) is 27.8 Å². The van der Waals surface area contributed by atoms with E-state index in [9.17, 15) is 0 Å². The Kier molecular flexibility index (Phi) is 3.56. The number of benzene rings is 1. The Hall–Kier alpha value is -0.290. The zero-order chi connectivity index (χ0) is 5.98. The molecule has 2 nitrogen and oxygen atoms in total. The molecule has 0 amide bonds. The van der Waals surface area contributed by atoms with Gasteiger partial charge in [-0.2, -0.15) is 0 Å². The third-order valence-corrected chi connectivity index (χ3v) is 1.55. The van der Waals surface area contributed by atoms with Gasteiger partial charge in [0.15, 0.2) is 0 Å². The molecular weight excluding hydrogens is 231 g/mol. The summed E-state index contributed by atoms with van der Waals surface area (Å²) in [4.78, 5) is 0. The molecule has 1 aromatic carbocycles. The van der Waals surface area contributed by atoms with Crippen molar-refractivity contribution in [1.29, 1.82) is 0 Å². The molecule has 0 atom stereocenters. The van der Waals surface area contributed by atoms with Crippen molar-refractivity contribution in [1.82, 2.24) is 0 Å². The van der Waals surface area contributed by atoms with Crippen molar-refractivity contribution < 1.29 is 10.6 Å². The second kappa shape index (κ2) is 3.68. The van der Waals surface area contributed by atoms with Gasteiger partial charge in [0.1, 0.15) is 5.75 Å². The Morgan fingerprint density at radius 3 is 1.89 bits per heavy atom. The molecule has 0 spiro atoms. The lowest BCUT2D eigenvalue weighted by atomic mass is 10.3. The first-order valence-corrected chi connectivity index (χ1v) is 3.31. The first-order valence-electron chi connectivity index (χ1n) is 2.23. The zero-order valence-corrected chi connectivity index (χ0v) is 6.79. The van der Waals surface area contributed by atoms with Crippen LogP contribution < -0.4 is 0 Å². The van der Waals surface area contributed by atoms with Crippen LogP contribution in [0.3, 0.4) is 0 Å². The highest BCUT2D eigenvalue weighted by atomic mass is 127. The molecule has 0 aromatic heterocycles. The molecule has 3 N–H and O–H groups in total. The maximum absolute atomic E-state index is 8.75. The van der Waals surface area contributed by atoms with Gasteiger partial charge in [-0.3, -0.25) is 0 Å². The largest absolute Gasteiger partial charge is 0.508 e. The fraction of sp³-hybridized carbons (Fsp3) is 0. The van der Waals surface area contributed by atoms with Crippen LogP contribution in [0.5, 0.6) is 5.75 Å². The van der Waals surface area contributed by atoms with Crippen LogP contribution >= 0.6 is 22.6 Å². The summed E-state index contributed by atoms with van der Waals surface area (Å²) in [6.45, 7) is 0. The third-order valence-electron chi connectivity index (χ3n) is 0.827. The fourth-order valence-electron chi connectivity index (χ4n) is 0.441. The molecule has 9 heavy (non-hydrogen) atoms. The highest BCUT2D eigenvalue weighted by molar-refractivity contribution is 14.1. The average molecular weight is 238 g/mol. The lowest BCUT2D eigenvalue weighted by Gasteiger charge is -1.87. The maximum Gasteiger partial charge on any atom is 0.115 e. The van der Waals surface area contributed by atoms with Crippen LogP contribution in [-0.4, -0.2) is 10.6 Å². The number of hydrogen-bond donors (Lipinski definition) is 1. The van der Waals surface area contributed by atoms with Crippen LogP contribution in [0.4, 0.5) is 0 Å². The van der Waals surface area contributed by atoms with Crippen LogP contribution in [0.1, 0.15) is 0 Å². The van der Waals surface area contributed by atoms with Gasteiger partial charge >= 0.3 is 0 Å². The SMILES string of the molecule is O.Oc1ccc(I)cc1. The molecule has 0 bridgehead atoms. The monoisotopic (exact) mass is 238 g/mol. The summed E-state index contributed by atoms with van der Waals surface area (Å²) in [5.74, 6) is 0.324. The van der Waals surface area contributed by atoms with Gasteiger partial charge in [-0.05, 0) is 46.9 Å². The average Bonchev–Trinajstić information content (AvgIpc) is 1.77. The molecule has 0 aliphatic carbocycles. The van der Waals surface area contributed by atoms with Gasteiger partial charge in [-0.25, -0.2) is 0 Å². The van der Waals surface area contributed by atoms with E-state index in [1.54, 1.807) is 12.1 Å². The van der Waals surface area contributed by atoms with Crippen LogP contribution in [0, 0.1) is 3.57 Å². The molecule has 0 saturated heterocycles. The lowest BCUT2D eigenvalue weighted by Crippen LogP contribution is -1.65. The van der Waals surface area contributed by atoms with E-state index < -0.39 is 0 Å². The smallest absolute Gasteiger partial charge is 0.115 e. The molecule has 0 aliphatic rings. The summed E-state index contributed by atoms with van der Waals surface area (Å²) in [5.41, 5.74) is 0. The topological polar surface area (TPSA) is 51.7 Å². The first-order chi connectivity index (χ1) is 3.79. The van der Waals surface area contributed by atoms with E-state index in [0.717, 1.165) is 3.57 Å². The molecular formula is C6H7IO2. The minimum Gasteiger partial charge on any atom is -0.508 e. The summed E-state index contributed by atoms with van der Waals surface area (Å²) in [7, 11) is 0. The van der Waals surface area contributed by atoms with E-state index in [0.29, 0.717) is 5.75 Å². The quantitative estimate of drug-likeness (QED) is 0.677. The summed E-state index contributed by atoms with van der Waals surface area (Å²) in [6, 6.07) is 7.05. The number of aromatic hydroxyl groups is 1. The minimum atomic E-state index is 0. The standard InChI is InChI=1S/C6H5IO.H2O/c7-5-1-3-6(8)4-2-5;/h1-4,8H;1H2. The predicted octanol–water partition coefficient (Wildman–Crippen LogP) is 1.17. The van der Waals surface area contributed by atoms with Crippen molar-refractivity contribution in [3.63, 3.8) is 0 Å². The van der Waals surface area contributed by atoms with Crippen molar-refractivity contribution in [2.24, 2.45) is 0 Å². The molecule has 0 radical (unpaired) electrons. The molecule has 0 aliphatic heterocycles. The summed E-state index contributed by atoms with van der Waals surface area (Å²) in [6.07, 6.45) is 0. The van der Waals surface area contributed by atoms with E-state index in [1.165, 1.54) is 0 Å². The van der Waals surface area contributed by atoms with Crippen LogP contribution in [0.15, 0.2) is 24.3 Å². The number of rotatable bonds is 0. The molecule has 3 heteroatoms. The molecule has 0 heterocycles. The van der Waals surface area contributed by atoms with E-state index in [2.05, 4.69) is 22.6 Å². The Morgan fingerprint density at radius 2 is 1.56 bits per heavy atom. The van der Waals surface area contributed by atoms with Crippen molar-refractivity contribution in [3.8, 4) is 5.75 Å². The van der Waals surface area contributed by atoms with E-state index in [-0.39, 0.29) is 5.48 Å². The third kappa shape index (κ3) is 2.67. The Labute approximate surface area is 67.0 Å². The van der Waals surface area contributed by atoms with Crippen molar-refractivity contribution in [2.45, 2.75) is 0 Å². The van der Waals surface area contributed by atoms with Gasteiger partial charge in [0.2, 0.25) is 0 Å². The van der Waals surface area contributed by atoms with Gasteiger partial charge in [-0.1, -0.05) is 0 Å². The predicted molar refractivity (Wildman–Crippen MR) is 44.4 cm³/mol. The first kappa shape index (κ1) is 8.71. The number of phenolic OH excluding ortho intramolecular Hbond substituents is 1. The second-order valence-electron chi connectivity index (χ2n) is 1.48. The van der Waals surface area contributed by atoms with Gasteiger partial charge in [-0.15, -0.1) is 0 Å². The molecule has 0 saturated carbocycles. The lowest BCUT2D eigenvalue weighted by molar-refractivity contribution is 0.475. The Balaban J connectivity index is 0.000000640. The van der Waals surface area contributed by atoms with Crippen molar-refractivity contribution in [2.75, 3.05) is 0 Å². The van der Waals surface area contributed by atoms with Crippen LogP contribution in [0.2, 0.25) is 0 Å². The maximum atomic E-state index is 8.75. The van der Waals surface area contributed by atoms with E-state index in [1.807, 2.05) is 12.1 Å². The van der Waals surface area contributed by atoms with Crippen molar-refractivity contribution >= 4 is 22.6 Å². The minimum absolute atomic E-state index is 0. The fourth-order valence-corrected chi connectivity index (χ4v) is 0.801. The van der Waals surface area contributed by atoms with Gasteiger partial charge in [0, 0.05) is 3.57 Å². The normalized spacial score (nSPS) is 8.11. The number of phenols is 1. The summed E-state index contributed by atoms with van der Waals surface area (Å²) < 4.78 is 1.14. The number of hydrogen-bond acceptors (Lipinski definition) is 1. The van der Waals surface area contributed by atoms with Gasteiger partial charge < -0.3 is 10.6 Å². The van der Waals surface area contributed by atoms with Crippen LogP contribution in [0.25, 0.3) is 0 Å². The molecule has 0 unspecified atom stereocenters. The molecule has 1 aromatic rings. The van der Waals surface area contributed by atoms with E-state index in [4.69, 9.17) is 5.11 Å². The second-order valence-corrected chi connectivity index (χ2v) is 2.72. The van der Waals surface area contributed by atoms with Gasteiger partial charge in [0.05, 0.1) is 0 Å². The summed E-state index contributed by atoms with van der Waals surface area (Å²) in [5, 5.41) is 8.75.